The Kier molecular flexibility index (Phi) is 5.62. The maximum absolute atomic E-state index is 11.8. The Morgan fingerprint density at radius 1 is 1.50 bits per heavy atom. The minimum Gasteiger partial charge on any atom is -0.379 e. The van der Waals surface area contributed by atoms with E-state index in [0.29, 0.717) is 0 Å². The second-order valence-corrected chi connectivity index (χ2v) is 5.93. The predicted octanol–water partition coefficient (Wildman–Crippen LogP) is 1.96. The number of carbonyl (C=O) groups is 1. The zero-order chi connectivity index (χ0) is 12.8. The molecule has 1 aliphatic heterocycles. The van der Waals surface area contributed by atoms with Crippen LogP contribution in [0.15, 0.2) is 15.9 Å². The van der Waals surface area contributed by atoms with Gasteiger partial charge in [-0.2, -0.15) is 0 Å². The van der Waals surface area contributed by atoms with Crippen LogP contribution < -0.4 is 5.32 Å². The Morgan fingerprint density at radius 2 is 2.28 bits per heavy atom. The molecule has 1 saturated heterocycles. The van der Waals surface area contributed by atoms with Crippen LogP contribution in [0.5, 0.6) is 0 Å². The first-order valence-electron chi connectivity index (χ1n) is 6.08. The summed E-state index contributed by atoms with van der Waals surface area (Å²) in [7, 11) is 0. The molecule has 0 unspecified atom stereocenters. The molecule has 6 heteroatoms. The fourth-order valence-electron chi connectivity index (χ4n) is 1.87. The van der Waals surface area contributed by atoms with Crippen LogP contribution in [0.4, 0.5) is 0 Å². The molecule has 0 aromatic carbocycles. The number of hydrogen-bond donors (Lipinski definition) is 1. The number of amides is 1. The van der Waals surface area contributed by atoms with E-state index in [1.54, 1.807) is 0 Å². The van der Waals surface area contributed by atoms with Crippen LogP contribution in [0, 0.1) is 0 Å². The van der Waals surface area contributed by atoms with Crippen molar-refractivity contribution in [2.75, 3.05) is 39.4 Å². The largest absolute Gasteiger partial charge is 0.379 e. The second-order valence-electron chi connectivity index (χ2n) is 4.16. The molecule has 0 atom stereocenters. The van der Waals surface area contributed by atoms with Crippen molar-refractivity contribution >= 4 is 33.2 Å². The van der Waals surface area contributed by atoms with Gasteiger partial charge in [-0.05, 0) is 40.3 Å². The molecule has 0 radical (unpaired) electrons. The number of nitrogens with zero attached hydrogens (tertiary/aromatic N) is 1. The molecule has 0 aliphatic carbocycles. The molecule has 1 aromatic rings. The van der Waals surface area contributed by atoms with Crippen LogP contribution >= 0.6 is 27.3 Å². The molecule has 100 valence electrons. The average molecular weight is 333 g/mol. The first-order chi connectivity index (χ1) is 8.77. The van der Waals surface area contributed by atoms with Crippen molar-refractivity contribution in [2.45, 2.75) is 6.42 Å². The van der Waals surface area contributed by atoms with Crippen LogP contribution in [0.25, 0.3) is 0 Å². The molecule has 1 fully saturated rings. The molecule has 2 heterocycles. The first kappa shape index (κ1) is 14.0. The van der Waals surface area contributed by atoms with E-state index in [4.69, 9.17) is 4.74 Å². The summed E-state index contributed by atoms with van der Waals surface area (Å²) < 4.78 is 6.16. The molecule has 1 aromatic heterocycles. The fraction of sp³-hybridized carbons (Fsp3) is 0.583. The van der Waals surface area contributed by atoms with Crippen molar-refractivity contribution in [3.8, 4) is 0 Å². The maximum Gasteiger partial charge on any atom is 0.262 e. The lowest BCUT2D eigenvalue weighted by Gasteiger charge is -2.26. The topological polar surface area (TPSA) is 41.6 Å². The summed E-state index contributed by atoms with van der Waals surface area (Å²) in [4.78, 5) is 14.9. The number of morpholine rings is 1. The Bertz CT molecular complexity index is 391. The van der Waals surface area contributed by atoms with Gasteiger partial charge >= 0.3 is 0 Å². The van der Waals surface area contributed by atoms with E-state index in [9.17, 15) is 4.79 Å². The third-order valence-electron chi connectivity index (χ3n) is 2.86. The molecule has 0 bridgehead atoms. The molecule has 1 N–H and O–H groups in total. The van der Waals surface area contributed by atoms with Gasteiger partial charge in [-0.1, -0.05) is 0 Å². The summed E-state index contributed by atoms with van der Waals surface area (Å²) in [5.74, 6) is 0.0128. The fourth-order valence-corrected chi connectivity index (χ4v) is 3.33. The van der Waals surface area contributed by atoms with E-state index < -0.39 is 0 Å². The first-order valence-corrected chi connectivity index (χ1v) is 7.76. The van der Waals surface area contributed by atoms with Gasteiger partial charge in [-0.15, -0.1) is 11.3 Å². The minimum absolute atomic E-state index is 0.0128. The van der Waals surface area contributed by atoms with Gasteiger partial charge in [0.15, 0.2) is 0 Å². The summed E-state index contributed by atoms with van der Waals surface area (Å²) in [6, 6.07) is 1.90. The molecule has 4 nitrogen and oxygen atoms in total. The van der Waals surface area contributed by atoms with Gasteiger partial charge in [-0.3, -0.25) is 9.69 Å². The normalized spacial score (nSPS) is 16.7. The van der Waals surface area contributed by atoms with Gasteiger partial charge in [0, 0.05) is 24.1 Å². The molecule has 18 heavy (non-hydrogen) atoms. The minimum atomic E-state index is 0.0128. The lowest BCUT2D eigenvalue weighted by atomic mass is 10.3. The average Bonchev–Trinajstić information content (AvgIpc) is 2.82. The number of ether oxygens (including phenoxy) is 1. The maximum atomic E-state index is 11.8. The van der Waals surface area contributed by atoms with Crippen molar-refractivity contribution in [2.24, 2.45) is 0 Å². The Morgan fingerprint density at radius 3 is 2.94 bits per heavy atom. The van der Waals surface area contributed by atoms with Gasteiger partial charge in [-0.25, -0.2) is 0 Å². The van der Waals surface area contributed by atoms with Gasteiger partial charge < -0.3 is 10.1 Å². The van der Waals surface area contributed by atoms with E-state index in [1.165, 1.54) is 11.3 Å². The lowest BCUT2D eigenvalue weighted by Crippen LogP contribution is -2.38. The van der Waals surface area contributed by atoms with Crippen LogP contribution in [-0.4, -0.2) is 50.2 Å². The third-order valence-corrected chi connectivity index (χ3v) is 4.70. The van der Waals surface area contributed by atoms with Gasteiger partial charge in [0.25, 0.3) is 5.91 Å². The Labute approximate surface area is 119 Å². The summed E-state index contributed by atoms with van der Waals surface area (Å²) >= 11 is 4.82. The lowest BCUT2D eigenvalue weighted by molar-refractivity contribution is 0.0374. The molecular formula is C12H17BrN2O2S. The standard InChI is InChI=1S/C12H17BrN2O2S/c13-10-2-9-18-11(10)12(16)14-3-1-4-15-5-7-17-8-6-15/h2,9H,1,3-8H2,(H,14,16). The van der Waals surface area contributed by atoms with E-state index in [1.807, 2.05) is 11.4 Å². The van der Waals surface area contributed by atoms with E-state index in [0.717, 1.165) is 55.2 Å². The number of carbonyl (C=O) groups excluding carboxylic acids is 1. The van der Waals surface area contributed by atoms with E-state index in [2.05, 4.69) is 26.1 Å². The highest BCUT2D eigenvalue weighted by atomic mass is 79.9. The van der Waals surface area contributed by atoms with Crippen LogP contribution in [0.1, 0.15) is 16.1 Å². The SMILES string of the molecule is O=C(NCCCN1CCOCC1)c1sccc1Br. The molecule has 0 saturated carbocycles. The molecular weight excluding hydrogens is 316 g/mol. The van der Waals surface area contributed by atoms with Crippen LogP contribution in [-0.2, 0) is 4.74 Å². The molecule has 1 amide bonds. The van der Waals surface area contributed by atoms with Gasteiger partial charge in [0.05, 0.1) is 13.2 Å². The highest BCUT2D eigenvalue weighted by Gasteiger charge is 2.12. The summed E-state index contributed by atoms with van der Waals surface area (Å²) in [5.41, 5.74) is 0. The highest BCUT2D eigenvalue weighted by Crippen LogP contribution is 2.22. The Hall–Kier alpha value is -0.430. The molecule has 0 spiro atoms. The molecule has 1 aliphatic rings. The number of hydrogen-bond acceptors (Lipinski definition) is 4. The van der Waals surface area contributed by atoms with Crippen LogP contribution in [0.2, 0.25) is 0 Å². The quantitative estimate of drug-likeness (QED) is 0.838. The monoisotopic (exact) mass is 332 g/mol. The third kappa shape index (κ3) is 4.05. The number of nitrogens with one attached hydrogen (secondary N) is 1. The van der Waals surface area contributed by atoms with Crippen molar-refractivity contribution < 1.29 is 9.53 Å². The van der Waals surface area contributed by atoms with Gasteiger partial charge in [0.1, 0.15) is 4.88 Å². The smallest absolute Gasteiger partial charge is 0.262 e. The zero-order valence-electron chi connectivity index (χ0n) is 10.2. The second kappa shape index (κ2) is 7.23. The summed E-state index contributed by atoms with van der Waals surface area (Å²) in [5, 5.41) is 4.86. The predicted molar refractivity (Wildman–Crippen MR) is 76.2 cm³/mol. The number of rotatable bonds is 5. The van der Waals surface area contributed by atoms with E-state index >= 15 is 0 Å². The van der Waals surface area contributed by atoms with Crippen LogP contribution in [0.3, 0.4) is 0 Å². The summed E-state index contributed by atoms with van der Waals surface area (Å²) in [6.07, 6.45) is 0.981. The number of thiophene rings is 1. The van der Waals surface area contributed by atoms with Crippen molar-refractivity contribution in [1.82, 2.24) is 10.2 Å². The Balaban J connectivity index is 1.63. The van der Waals surface area contributed by atoms with Crippen molar-refractivity contribution in [1.29, 1.82) is 0 Å². The summed E-state index contributed by atoms with van der Waals surface area (Å²) in [6.45, 7) is 5.41. The molecule has 2 rings (SSSR count). The van der Waals surface area contributed by atoms with E-state index in [-0.39, 0.29) is 5.91 Å². The van der Waals surface area contributed by atoms with Gasteiger partial charge in [0.2, 0.25) is 0 Å². The van der Waals surface area contributed by atoms with Crippen molar-refractivity contribution in [3.05, 3.63) is 20.8 Å². The van der Waals surface area contributed by atoms with Crippen molar-refractivity contribution in [3.63, 3.8) is 0 Å². The number of halogens is 1. The zero-order valence-corrected chi connectivity index (χ0v) is 12.6. The highest BCUT2D eigenvalue weighted by molar-refractivity contribution is 9.10.